The molecule has 3 aromatic rings. The standard InChI is InChI=1S/C28H31FN4O7S/c1-4-30-28(35)25(16-20-8-6-5-7-9-20)31(18-21-10-12-22(29)13-11-21)27(34)19-32(41(3,38)39)24-17-23(33(36)37)14-15-26(24)40-2/h5-15,17,25H,4,16,18-19H2,1-3H3,(H,30,35)/t25-/m1/s1. The maximum absolute atomic E-state index is 14.0. The van der Waals surface area contributed by atoms with Crippen LogP contribution in [0.1, 0.15) is 18.1 Å². The molecule has 0 aliphatic rings. The number of carbonyl (C=O) groups is 2. The molecular weight excluding hydrogens is 555 g/mol. The molecule has 0 heterocycles. The van der Waals surface area contributed by atoms with Crippen LogP contribution >= 0.6 is 0 Å². The number of halogens is 1. The molecule has 3 aromatic carbocycles. The number of ether oxygens (including phenoxy) is 1. The van der Waals surface area contributed by atoms with E-state index in [4.69, 9.17) is 4.74 Å². The highest BCUT2D eigenvalue weighted by atomic mass is 32.2. The molecule has 0 aliphatic heterocycles. The molecule has 0 spiro atoms. The largest absolute Gasteiger partial charge is 0.495 e. The van der Waals surface area contributed by atoms with E-state index < -0.39 is 50.9 Å². The molecule has 3 rings (SSSR count). The van der Waals surface area contributed by atoms with Crippen LogP contribution in [0.3, 0.4) is 0 Å². The normalized spacial score (nSPS) is 11.8. The molecule has 41 heavy (non-hydrogen) atoms. The third-order valence-corrected chi connectivity index (χ3v) is 7.34. The molecule has 1 N–H and O–H groups in total. The van der Waals surface area contributed by atoms with Crippen molar-refractivity contribution in [3.8, 4) is 5.75 Å². The van der Waals surface area contributed by atoms with E-state index >= 15 is 0 Å². The number of hydrogen-bond donors (Lipinski definition) is 1. The van der Waals surface area contributed by atoms with Gasteiger partial charge in [-0.1, -0.05) is 42.5 Å². The monoisotopic (exact) mass is 586 g/mol. The molecule has 0 saturated heterocycles. The van der Waals surface area contributed by atoms with Crippen molar-refractivity contribution >= 4 is 33.2 Å². The summed E-state index contributed by atoms with van der Waals surface area (Å²) in [5, 5.41) is 14.2. The first-order chi connectivity index (χ1) is 19.4. The number of sulfonamides is 1. The Morgan fingerprint density at radius 2 is 1.71 bits per heavy atom. The molecule has 11 nitrogen and oxygen atoms in total. The second-order valence-electron chi connectivity index (χ2n) is 9.13. The second-order valence-corrected chi connectivity index (χ2v) is 11.0. The molecule has 0 saturated carbocycles. The maximum Gasteiger partial charge on any atom is 0.271 e. The van der Waals surface area contributed by atoms with Gasteiger partial charge in [0.05, 0.1) is 18.3 Å². The van der Waals surface area contributed by atoms with Crippen LogP contribution in [0.4, 0.5) is 15.8 Å². The number of nitro groups is 1. The van der Waals surface area contributed by atoms with Crippen molar-refractivity contribution in [2.75, 3.05) is 30.8 Å². The Morgan fingerprint density at radius 3 is 2.27 bits per heavy atom. The van der Waals surface area contributed by atoms with Crippen LogP contribution in [0.2, 0.25) is 0 Å². The Kier molecular flexibility index (Phi) is 10.4. The minimum atomic E-state index is -4.18. The maximum atomic E-state index is 14.0. The van der Waals surface area contributed by atoms with Crippen molar-refractivity contribution in [2.24, 2.45) is 0 Å². The fourth-order valence-corrected chi connectivity index (χ4v) is 5.06. The highest BCUT2D eigenvalue weighted by Crippen LogP contribution is 2.34. The van der Waals surface area contributed by atoms with Gasteiger partial charge in [-0.2, -0.15) is 0 Å². The summed E-state index contributed by atoms with van der Waals surface area (Å²) in [5.74, 6) is -1.73. The van der Waals surface area contributed by atoms with Crippen molar-refractivity contribution in [1.29, 1.82) is 0 Å². The van der Waals surface area contributed by atoms with Gasteiger partial charge in [-0.15, -0.1) is 0 Å². The predicted octanol–water partition coefficient (Wildman–Crippen LogP) is 3.28. The highest BCUT2D eigenvalue weighted by molar-refractivity contribution is 7.92. The zero-order valence-electron chi connectivity index (χ0n) is 22.8. The third-order valence-electron chi connectivity index (χ3n) is 6.21. The molecule has 0 bridgehead atoms. The number of nitro benzene ring substituents is 1. The molecule has 13 heteroatoms. The van der Waals surface area contributed by atoms with Crippen molar-refractivity contribution in [3.63, 3.8) is 0 Å². The number of amides is 2. The lowest BCUT2D eigenvalue weighted by Gasteiger charge is -2.33. The Labute approximate surface area is 237 Å². The van der Waals surface area contributed by atoms with Crippen molar-refractivity contribution in [2.45, 2.75) is 25.9 Å². The van der Waals surface area contributed by atoms with Crippen LogP contribution in [0.15, 0.2) is 72.8 Å². The van der Waals surface area contributed by atoms with Gasteiger partial charge in [-0.3, -0.25) is 24.0 Å². The molecule has 0 fully saturated rings. The first-order valence-corrected chi connectivity index (χ1v) is 14.4. The van der Waals surface area contributed by atoms with Crippen LogP contribution in [-0.2, 0) is 32.6 Å². The number of likely N-dealkylation sites (N-methyl/N-ethyl adjacent to an activating group) is 1. The van der Waals surface area contributed by atoms with Crippen LogP contribution in [0, 0.1) is 15.9 Å². The van der Waals surface area contributed by atoms with Crippen molar-refractivity contribution in [1.82, 2.24) is 10.2 Å². The minimum Gasteiger partial charge on any atom is -0.495 e. The lowest BCUT2D eigenvalue weighted by atomic mass is 10.0. The number of carbonyl (C=O) groups excluding carboxylic acids is 2. The number of anilines is 1. The van der Waals surface area contributed by atoms with Gasteiger partial charge in [-0.25, -0.2) is 12.8 Å². The number of nitrogens with one attached hydrogen (secondary N) is 1. The summed E-state index contributed by atoms with van der Waals surface area (Å²) in [7, 11) is -2.92. The summed E-state index contributed by atoms with van der Waals surface area (Å²) in [6.07, 6.45) is 0.965. The van der Waals surface area contributed by atoms with Gasteiger partial charge < -0.3 is 15.0 Å². The molecule has 0 unspecified atom stereocenters. The third kappa shape index (κ3) is 8.24. The summed E-state index contributed by atoms with van der Waals surface area (Å²) in [6, 6.07) is 16.7. The average molecular weight is 587 g/mol. The summed E-state index contributed by atoms with van der Waals surface area (Å²) >= 11 is 0. The van der Waals surface area contributed by atoms with Gasteiger partial charge in [0.2, 0.25) is 21.8 Å². The lowest BCUT2D eigenvalue weighted by molar-refractivity contribution is -0.384. The van der Waals surface area contributed by atoms with E-state index in [1.54, 1.807) is 31.2 Å². The lowest BCUT2D eigenvalue weighted by Crippen LogP contribution is -2.53. The number of non-ortho nitro benzene ring substituents is 1. The van der Waals surface area contributed by atoms with Crippen molar-refractivity contribution in [3.05, 3.63) is 99.9 Å². The van der Waals surface area contributed by atoms with Crippen LogP contribution in [0.5, 0.6) is 5.75 Å². The fraction of sp³-hybridized carbons (Fsp3) is 0.286. The summed E-state index contributed by atoms with van der Waals surface area (Å²) in [5.41, 5.74) is 0.633. The summed E-state index contributed by atoms with van der Waals surface area (Å²) in [4.78, 5) is 39.3. The first kappa shape index (κ1) is 31.0. The number of methoxy groups -OCH3 is 1. The molecule has 0 aliphatic carbocycles. The Bertz CT molecular complexity index is 1490. The van der Waals surface area contributed by atoms with Crippen LogP contribution < -0.4 is 14.4 Å². The van der Waals surface area contributed by atoms with Crippen molar-refractivity contribution < 1.29 is 32.1 Å². The predicted molar refractivity (Wildman–Crippen MR) is 151 cm³/mol. The van der Waals surface area contributed by atoms with E-state index in [1.807, 2.05) is 6.07 Å². The van der Waals surface area contributed by atoms with Gasteiger partial charge in [-0.05, 0) is 36.2 Å². The summed E-state index contributed by atoms with van der Waals surface area (Å²) < 4.78 is 45.5. The van der Waals surface area contributed by atoms with E-state index in [0.717, 1.165) is 24.0 Å². The van der Waals surface area contributed by atoms with Gasteiger partial charge in [0, 0.05) is 31.6 Å². The zero-order valence-corrected chi connectivity index (χ0v) is 23.6. The van der Waals surface area contributed by atoms with Gasteiger partial charge >= 0.3 is 0 Å². The molecule has 0 radical (unpaired) electrons. The van der Waals surface area contributed by atoms with Crippen LogP contribution in [0.25, 0.3) is 0 Å². The van der Waals surface area contributed by atoms with Gasteiger partial charge in [0.1, 0.15) is 29.8 Å². The molecule has 0 aromatic heterocycles. The van der Waals surface area contributed by atoms with Gasteiger partial charge in [0.25, 0.3) is 5.69 Å². The Morgan fingerprint density at radius 1 is 1.05 bits per heavy atom. The van der Waals surface area contributed by atoms with E-state index in [0.29, 0.717) is 9.87 Å². The topological polar surface area (TPSA) is 139 Å². The number of benzene rings is 3. The quantitative estimate of drug-likeness (QED) is 0.240. The number of hydrogen-bond acceptors (Lipinski definition) is 7. The zero-order chi connectivity index (χ0) is 30.2. The highest BCUT2D eigenvalue weighted by Gasteiger charge is 2.34. The molecular formula is C28H31FN4O7S. The Balaban J connectivity index is 2.10. The summed E-state index contributed by atoms with van der Waals surface area (Å²) in [6.45, 7) is 1.08. The number of rotatable bonds is 13. The first-order valence-electron chi connectivity index (χ1n) is 12.6. The SMILES string of the molecule is CCNC(=O)[C@@H](Cc1ccccc1)N(Cc1ccc(F)cc1)C(=O)CN(c1cc([N+](=O)[O-])ccc1OC)S(C)(=O)=O. The van der Waals surface area contributed by atoms with Crippen LogP contribution in [-0.4, -0.2) is 62.6 Å². The van der Waals surface area contributed by atoms with E-state index in [1.165, 1.54) is 42.3 Å². The fourth-order valence-electron chi connectivity index (χ4n) is 4.21. The molecule has 2 amide bonds. The second kappa shape index (κ2) is 13.7. The smallest absolute Gasteiger partial charge is 0.271 e. The average Bonchev–Trinajstić information content (AvgIpc) is 2.94. The van der Waals surface area contributed by atoms with E-state index in [2.05, 4.69) is 5.32 Å². The number of nitrogens with zero attached hydrogens (tertiary/aromatic N) is 3. The molecule has 1 atom stereocenters. The van der Waals surface area contributed by atoms with E-state index in [-0.39, 0.29) is 30.9 Å². The molecule has 218 valence electrons. The minimum absolute atomic E-state index is 0.0107. The van der Waals surface area contributed by atoms with E-state index in [9.17, 15) is 32.5 Å². The Hall–Kier alpha value is -4.52. The van der Waals surface area contributed by atoms with Gasteiger partial charge in [0.15, 0.2) is 0 Å².